The Labute approximate surface area is 186 Å². The zero-order valence-corrected chi connectivity index (χ0v) is 21.1. The molecule has 3 nitrogen and oxygen atoms in total. The largest absolute Gasteiger partial charge is 0.543 e. The Kier molecular flexibility index (Phi) is 5.33. The van der Waals surface area contributed by atoms with Gasteiger partial charge in [0.05, 0.1) is 7.11 Å². The smallest absolute Gasteiger partial charge is 0.250 e. The van der Waals surface area contributed by atoms with Gasteiger partial charge in [0.15, 0.2) is 0 Å². The van der Waals surface area contributed by atoms with E-state index in [0.717, 1.165) is 57.1 Å². The van der Waals surface area contributed by atoms with E-state index >= 15 is 0 Å². The first-order chi connectivity index (χ1) is 14.6. The van der Waals surface area contributed by atoms with Gasteiger partial charge in [-0.25, -0.2) is 0 Å². The lowest BCUT2D eigenvalue weighted by Gasteiger charge is -2.38. The third-order valence-corrected chi connectivity index (χ3v) is 11.3. The average Bonchev–Trinajstić information content (AvgIpc) is 3.10. The number of benzene rings is 3. The first kappa shape index (κ1) is 21.8. The van der Waals surface area contributed by atoms with E-state index in [2.05, 4.69) is 72.0 Å². The Morgan fingerprint density at radius 3 is 2.06 bits per heavy atom. The van der Waals surface area contributed by atoms with E-state index in [1.54, 1.807) is 7.11 Å². The quantitative estimate of drug-likeness (QED) is 0.296. The van der Waals surface area contributed by atoms with Crippen LogP contribution in [0, 0.1) is 0 Å². The molecule has 0 fully saturated rings. The van der Waals surface area contributed by atoms with E-state index in [-0.39, 0.29) is 5.04 Å². The van der Waals surface area contributed by atoms with Gasteiger partial charge < -0.3 is 13.6 Å². The molecule has 1 aromatic heterocycles. The summed E-state index contributed by atoms with van der Waals surface area (Å²) in [6, 6.07) is 12.5. The molecular formula is C27H34O3Si. The molecule has 0 aliphatic rings. The van der Waals surface area contributed by atoms with Crippen LogP contribution < -0.4 is 9.16 Å². The van der Waals surface area contributed by atoms with E-state index in [4.69, 9.17) is 13.6 Å². The predicted molar refractivity (Wildman–Crippen MR) is 134 cm³/mol. The first-order valence-electron chi connectivity index (χ1n) is 11.3. The number of hydrogen-bond acceptors (Lipinski definition) is 3. The molecule has 0 saturated carbocycles. The second-order valence-electron chi connectivity index (χ2n) is 9.85. The van der Waals surface area contributed by atoms with Crippen LogP contribution in [0.3, 0.4) is 0 Å². The van der Waals surface area contributed by atoms with Gasteiger partial charge in [-0.1, -0.05) is 52.8 Å². The van der Waals surface area contributed by atoms with Crippen molar-refractivity contribution in [3.05, 3.63) is 47.5 Å². The van der Waals surface area contributed by atoms with Crippen molar-refractivity contribution in [2.75, 3.05) is 7.11 Å². The fourth-order valence-corrected chi connectivity index (χ4v) is 5.37. The minimum absolute atomic E-state index is 0.100. The summed E-state index contributed by atoms with van der Waals surface area (Å²) in [6.07, 6.45) is 1.80. The number of para-hydroxylation sites is 1. The first-order valence-corrected chi connectivity index (χ1v) is 14.2. The average molecular weight is 435 g/mol. The Bertz CT molecular complexity index is 1280. The Morgan fingerprint density at radius 1 is 0.806 bits per heavy atom. The van der Waals surface area contributed by atoms with Gasteiger partial charge in [0.2, 0.25) is 0 Å². The zero-order valence-electron chi connectivity index (χ0n) is 20.1. The van der Waals surface area contributed by atoms with Crippen molar-refractivity contribution in [2.24, 2.45) is 0 Å². The van der Waals surface area contributed by atoms with Crippen molar-refractivity contribution in [2.45, 2.75) is 65.6 Å². The number of fused-ring (bicyclic) bond motifs is 5. The third kappa shape index (κ3) is 3.32. The summed E-state index contributed by atoms with van der Waals surface area (Å²) in [5, 5.41) is 4.57. The molecular weight excluding hydrogens is 400 g/mol. The highest BCUT2D eigenvalue weighted by molar-refractivity contribution is 6.74. The molecule has 3 aromatic carbocycles. The Morgan fingerprint density at radius 2 is 1.45 bits per heavy atom. The van der Waals surface area contributed by atoms with Crippen molar-refractivity contribution in [3.63, 3.8) is 0 Å². The summed E-state index contributed by atoms with van der Waals surface area (Å²) in [5.74, 6) is 1.99. The van der Waals surface area contributed by atoms with Gasteiger partial charge >= 0.3 is 0 Å². The molecule has 4 heteroatoms. The van der Waals surface area contributed by atoms with Gasteiger partial charge in [0.1, 0.15) is 22.7 Å². The molecule has 31 heavy (non-hydrogen) atoms. The highest BCUT2D eigenvalue weighted by atomic mass is 28.4. The number of furan rings is 1. The van der Waals surface area contributed by atoms with Gasteiger partial charge in [-0.05, 0) is 54.7 Å². The molecule has 0 N–H and O–H groups in total. The van der Waals surface area contributed by atoms with Gasteiger partial charge in [-0.3, -0.25) is 0 Å². The maximum atomic E-state index is 7.11. The molecule has 1 heterocycles. The van der Waals surface area contributed by atoms with E-state index in [0.29, 0.717) is 0 Å². The van der Waals surface area contributed by atoms with Crippen LogP contribution in [0.25, 0.3) is 32.7 Å². The third-order valence-electron chi connectivity index (χ3n) is 7.00. The lowest BCUT2D eigenvalue weighted by molar-refractivity contribution is 0.413. The summed E-state index contributed by atoms with van der Waals surface area (Å²) in [5.41, 5.74) is 4.30. The normalized spacial score (nSPS) is 12.8. The second kappa shape index (κ2) is 7.59. The summed E-state index contributed by atoms with van der Waals surface area (Å²) >= 11 is 0. The fraction of sp³-hybridized carbons (Fsp3) is 0.407. The van der Waals surface area contributed by atoms with Crippen molar-refractivity contribution < 1.29 is 13.6 Å². The molecule has 164 valence electrons. The lowest BCUT2D eigenvalue weighted by Crippen LogP contribution is -2.44. The topological polar surface area (TPSA) is 31.6 Å². The van der Waals surface area contributed by atoms with Crippen LogP contribution in [0.4, 0.5) is 0 Å². The van der Waals surface area contributed by atoms with Gasteiger partial charge in [-0.15, -0.1) is 0 Å². The molecule has 0 unspecified atom stereocenters. The molecule has 0 atom stereocenters. The van der Waals surface area contributed by atoms with Crippen molar-refractivity contribution >= 4 is 41.0 Å². The van der Waals surface area contributed by atoms with Crippen molar-refractivity contribution in [3.8, 4) is 11.5 Å². The monoisotopic (exact) mass is 434 g/mol. The summed E-state index contributed by atoms with van der Waals surface area (Å²) in [6.45, 7) is 15.9. The van der Waals surface area contributed by atoms with Gasteiger partial charge in [-0.2, -0.15) is 0 Å². The molecule has 0 amide bonds. The van der Waals surface area contributed by atoms with Crippen molar-refractivity contribution in [1.29, 1.82) is 0 Å². The highest BCUT2D eigenvalue weighted by Crippen LogP contribution is 2.49. The van der Waals surface area contributed by atoms with E-state index in [1.807, 2.05) is 12.1 Å². The minimum atomic E-state index is -2.08. The molecule has 0 saturated heterocycles. The number of rotatable bonds is 5. The molecule has 0 spiro atoms. The molecule has 4 aromatic rings. The fourth-order valence-electron chi connectivity index (χ4n) is 4.33. The van der Waals surface area contributed by atoms with Crippen molar-refractivity contribution in [1.82, 2.24) is 0 Å². The SMILES string of the molecule is CCc1c(CC)c(O[Si](C)(C)C(C)(C)C)c2c(ccc3oc4ccccc4c32)c1OC. The predicted octanol–water partition coefficient (Wildman–Crippen LogP) is 8.26. The molecule has 0 aliphatic carbocycles. The maximum absolute atomic E-state index is 7.11. The maximum Gasteiger partial charge on any atom is 0.250 e. The second-order valence-corrected chi connectivity index (χ2v) is 14.6. The molecule has 4 rings (SSSR count). The highest BCUT2D eigenvalue weighted by Gasteiger charge is 2.40. The molecule has 0 radical (unpaired) electrons. The Hall–Kier alpha value is -2.46. The summed E-state index contributed by atoms with van der Waals surface area (Å²) < 4.78 is 19.4. The van der Waals surface area contributed by atoms with Crippen LogP contribution in [-0.2, 0) is 12.8 Å². The van der Waals surface area contributed by atoms with Crippen LogP contribution in [0.1, 0.15) is 45.7 Å². The minimum Gasteiger partial charge on any atom is -0.543 e. The number of methoxy groups -OCH3 is 1. The van der Waals surface area contributed by atoms with Crippen LogP contribution in [0.2, 0.25) is 18.1 Å². The summed E-state index contributed by atoms with van der Waals surface area (Å²) in [4.78, 5) is 0. The zero-order chi connectivity index (χ0) is 22.6. The summed E-state index contributed by atoms with van der Waals surface area (Å²) in [7, 11) is -0.303. The van der Waals surface area contributed by atoms with Crippen LogP contribution in [-0.4, -0.2) is 15.4 Å². The number of hydrogen-bond donors (Lipinski definition) is 0. The van der Waals surface area contributed by atoms with Crippen LogP contribution in [0.15, 0.2) is 40.8 Å². The Balaban J connectivity index is 2.24. The lowest BCUT2D eigenvalue weighted by atomic mass is 9.92. The molecule has 0 aliphatic heterocycles. The van der Waals surface area contributed by atoms with E-state index in [1.165, 1.54) is 11.1 Å². The van der Waals surface area contributed by atoms with Crippen LogP contribution in [0.5, 0.6) is 11.5 Å². The van der Waals surface area contributed by atoms with Gasteiger partial charge in [0.25, 0.3) is 8.32 Å². The van der Waals surface area contributed by atoms with E-state index in [9.17, 15) is 0 Å². The standard InChI is InChI=1S/C27H34O3Si/c1-9-17-18(10-2)26(30-31(7,8)27(3,4)5)24-20(25(17)28-6)15-16-22-23(24)19-13-11-12-14-21(19)29-22/h11-16H,9-10H2,1-8H3. The van der Waals surface area contributed by atoms with E-state index < -0.39 is 8.32 Å². The molecule has 0 bridgehead atoms. The van der Waals surface area contributed by atoms with Gasteiger partial charge in [0, 0.05) is 27.1 Å². The number of ether oxygens (including phenoxy) is 1. The van der Waals surface area contributed by atoms with Crippen LogP contribution >= 0.6 is 0 Å².